The van der Waals surface area contributed by atoms with E-state index >= 15 is 0 Å². The summed E-state index contributed by atoms with van der Waals surface area (Å²) in [5.41, 5.74) is 0.178. The highest BCUT2D eigenvalue weighted by atomic mass is 16.7. The average Bonchev–Trinajstić information content (AvgIpc) is 2.31. The molecule has 0 aliphatic carbocycles. The van der Waals surface area contributed by atoms with Crippen molar-refractivity contribution in [2.45, 2.75) is 45.5 Å². The molecule has 0 heterocycles. The lowest BCUT2D eigenvalue weighted by molar-refractivity contribution is -0.259. The van der Waals surface area contributed by atoms with Gasteiger partial charge < -0.3 is 19.3 Å². The van der Waals surface area contributed by atoms with Crippen molar-refractivity contribution in [1.29, 1.82) is 0 Å². The number of aliphatic carboxylic acids is 1. The predicted octanol–water partition coefficient (Wildman–Crippen LogP) is 2.73. The highest BCUT2D eigenvalue weighted by Crippen LogP contribution is 2.17. The summed E-state index contributed by atoms with van der Waals surface area (Å²) in [6.45, 7) is 13.1. The summed E-state index contributed by atoms with van der Waals surface area (Å²) in [5, 5.41) is 8.68. The first-order valence-corrected chi connectivity index (χ1v) is 6.26. The number of ether oxygens (including phenoxy) is 3. The molecule has 0 aromatic carbocycles. The lowest BCUT2D eigenvalue weighted by Gasteiger charge is -2.31. The zero-order valence-corrected chi connectivity index (χ0v) is 12.0. The molecule has 110 valence electrons. The molecule has 5 nitrogen and oxygen atoms in total. The van der Waals surface area contributed by atoms with Gasteiger partial charge in [0.1, 0.15) is 6.61 Å². The fraction of sp³-hybridized carbons (Fsp3) is 0.643. The smallest absolute Gasteiger partial charge is 0.330 e. The van der Waals surface area contributed by atoms with Crippen molar-refractivity contribution in [3.05, 3.63) is 25.0 Å². The van der Waals surface area contributed by atoms with Gasteiger partial charge >= 0.3 is 5.97 Å². The van der Waals surface area contributed by atoms with Crippen molar-refractivity contribution in [2.75, 3.05) is 13.2 Å². The number of carboxylic acids is 1. The average molecular weight is 272 g/mol. The highest BCUT2D eigenvalue weighted by molar-refractivity contribution is 5.85. The Morgan fingerprint density at radius 2 is 2.11 bits per heavy atom. The van der Waals surface area contributed by atoms with Crippen LogP contribution in [0.4, 0.5) is 0 Å². The number of carboxylic acid groups (broad SMARTS) is 1. The zero-order chi connectivity index (χ0) is 14.9. The maximum Gasteiger partial charge on any atom is 0.330 e. The van der Waals surface area contributed by atoms with Gasteiger partial charge in [0.05, 0.1) is 19.0 Å². The van der Waals surface area contributed by atoms with Crippen molar-refractivity contribution >= 4 is 5.97 Å². The van der Waals surface area contributed by atoms with Crippen LogP contribution in [-0.4, -0.2) is 36.2 Å². The van der Waals surface area contributed by atoms with Crippen LogP contribution in [0.15, 0.2) is 25.0 Å². The molecule has 19 heavy (non-hydrogen) atoms. The SMILES string of the molecule is C=COCC(C)(OCCCC(=C)C(=O)O)OC(C)C. The van der Waals surface area contributed by atoms with Gasteiger partial charge in [-0.3, -0.25) is 0 Å². The molecule has 0 spiro atoms. The van der Waals surface area contributed by atoms with E-state index in [4.69, 9.17) is 19.3 Å². The third-order valence-corrected chi connectivity index (χ3v) is 2.28. The van der Waals surface area contributed by atoms with Crippen LogP contribution in [0.1, 0.15) is 33.6 Å². The zero-order valence-electron chi connectivity index (χ0n) is 12.0. The van der Waals surface area contributed by atoms with Crippen LogP contribution in [0.5, 0.6) is 0 Å². The predicted molar refractivity (Wildman–Crippen MR) is 72.7 cm³/mol. The van der Waals surface area contributed by atoms with Gasteiger partial charge in [-0.1, -0.05) is 13.2 Å². The van der Waals surface area contributed by atoms with Crippen molar-refractivity contribution in [2.24, 2.45) is 0 Å². The molecule has 0 saturated heterocycles. The maximum atomic E-state index is 10.6. The van der Waals surface area contributed by atoms with Gasteiger partial charge in [0.2, 0.25) is 0 Å². The number of rotatable bonds is 11. The molecule has 0 radical (unpaired) electrons. The Kier molecular flexibility index (Phi) is 8.11. The topological polar surface area (TPSA) is 65.0 Å². The Hall–Kier alpha value is -1.33. The van der Waals surface area contributed by atoms with E-state index in [0.717, 1.165) is 0 Å². The number of hydrogen-bond donors (Lipinski definition) is 1. The largest absolute Gasteiger partial charge is 0.496 e. The van der Waals surface area contributed by atoms with Gasteiger partial charge in [-0.25, -0.2) is 4.79 Å². The van der Waals surface area contributed by atoms with Crippen molar-refractivity contribution < 1.29 is 24.1 Å². The standard InChI is InChI=1S/C14H24O5/c1-6-17-10-14(5,19-11(2)3)18-9-7-8-12(4)13(15)16/h6,11H,1,4,7-10H2,2-3,5H3,(H,15,16). The third-order valence-electron chi connectivity index (χ3n) is 2.28. The van der Waals surface area contributed by atoms with E-state index in [-0.39, 0.29) is 18.3 Å². The minimum Gasteiger partial charge on any atom is -0.496 e. The van der Waals surface area contributed by atoms with Crippen molar-refractivity contribution in [1.82, 2.24) is 0 Å². The Balaban J connectivity index is 4.15. The third kappa shape index (κ3) is 8.40. The van der Waals surface area contributed by atoms with Gasteiger partial charge in [0, 0.05) is 5.57 Å². The number of carbonyl (C=O) groups is 1. The van der Waals surface area contributed by atoms with Crippen LogP contribution in [0.2, 0.25) is 0 Å². The molecule has 0 saturated carbocycles. The summed E-state index contributed by atoms with van der Waals surface area (Å²) < 4.78 is 16.4. The lowest BCUT2D eigenvalue weighted by atomic mass is 10.2. The van der Waals surface area contributed by atoms with E-state index in [1.807, 2.05) is 13.8 Å². The summed E-state index contributed by atoms with van der Waals surface area (Å²) in [7, 11) is 0. The molecule has 0 fully saturated rings. The molecular formula is C14H24O5. The van der Waals surface area contributed by atoms with E-state index in [1.165, 1.54) is 6.26 Å². The van der Waals surface area contributed by atoms with E-state index in [1.54, 1.807) is 6.92 Å². The van der Waals surface area contributed by atoms with Crippen molar-refractivity contribution in [3.63, 3.8) is 0 Å². The molecule has 0 aliphatic rings. The second-order valence-electron chi connectivity index (χ2n) is 4.64. The molecule has 1 N–H and O–H groups in total. The molecular weight excluding hydrogens is 248 g/mol. The van der Waals surface area contributed by atoms with E-state index in [2.05, 4.69) is 13.2 Å². The fourth-order valence-corrected chi connectivity index (χ4v) is 1.50. The Morgan fingerprint density at radius 1 is 1.47 bits per heavy atom. The Morgan fingerprint density at radius 3 is 2.58 bits per heavy atom. The van der Waals surface area contributed by atoms with Crippen LogP contribution in [0, 0.1) is 0 Å². The number of hydrogen-bond acceptors (Lipinski definition) is 4. The van der Waals surface area contributed by atoms with E-state index < -0.39 is 11.8 Å². The normalized spacial score (nSPS) is 13.9. The quantitative estimate of drug-likeness (QED) is 0.271. The van der Waals surface area contributed by atoms with Crippen molar-refractivity contribution in [3.8, 4) is 0 Å². The first kappa shape index (κ1) is 17.7. The van der Waals surface area contributed by atoms with Crippen LogP contribution in [0.3, 0.4) is 0 Å². The monoisotopic (exact) mass is 272 g/mol. The van der Waals surface area contributed by atoms with Gasteiger partial charge in [-0.05, 0) is 33.6 Å². The molecule has 0 aliphatic heterocycles. The lowest BCUT2D eigenvalue weighted by Crippen LogP contribution is -2.39. The highest BCUT2D eigenvalue weighted by Gasteiger charge is 2.28. The first-order valence-electron chi connectivity index (χ1n) is 6.26. The first-order chi connectivity index (χ1) is 8.80. The molecule has 0 amide bonds. The summed E-state index contributed by atoms with van der Waals surface area (Å²) >= 11 is 0. The van der Waals surface area contributed by atoms with Crippen LogP contribution >= 0.6 is 0 Å². The minimum absolute atomic E-state index is 0.00704. The second kappa shape index (κ2) is 8.72. The second-order valence-corrected chi connectivity index (χ2v) is 4.64. The van der Waals surface area contributed by atoms with Crippen LogP contribution in [0.25, 0.3) is 0 Å². The summed E-state index contributed by atoms with van der Waals surface area (Å²) in [5.74, 6) is -1.84. The molecule has 0 bridgehead atoms. The Bertz CT molecular complexity index is 311. The molecule has 1 atom stereocenters. The van der Waals surface area contributed by atoms with Crippen LogP contribution in [-0.2, 0) is 19.0 Å². The van der Waals surface area contributed by atoms with Gasteiger partial charge in [0.25, 0.3) is 0 Å². The van der Waals surface area contributed by atoms with Gasteiger partial charge in [-0.15, -0.1) is 0 Å². The summed E-state index contributed by atoms with van der Waals surface area (Å²) in [4.78, 5) is 10.6. The molecule has 0 aromatic rings. The molecule has 0 aromatic heterocycles. The van der Waals surface area contributed by atoms with Gasteiger partial charge in [0.15, 0.2) is 5.79 Å². The fourth-order valence-electron chi connectivity index (χ4n) is 1.50. The maximum absolute atomic E-state index is 10.6. The molecule has 0 rings (SSSR count). The Labute approximate surface area is 114 Å². The van der Waals surface area contributed by atoms with E-state index in [9.17, 15) is 4.79 Å². The summed E-state index contributed by atoms with van der Waals surface area (Å²) in [6.07, 6.45) is 2.27. The van der Waals surface area contributed by atoms with Crippen LogP contribution < -0.4 is 0 Å². The van der Waals surface area contributed by atoms with E-state index in [0.29, 0.717) is 19.4 Å². The molecule has 5 heteroatoms. The summed E-state index contributed by atoms with van der Waals surface area (Å²) in [6, 6.07) is 0. The van der Waals surface area contributed by atoms with Gasteiger partial charge in [-0.2, -0.15) is 0 Å². The minimum atomic E-state index is -0.976. The molecule has 1 unspecified atom stereocenters.